The highest BCUT2D eigenvalue weighted by atomic mass is 16.4. The largest absolute Gasteiger partial charge is 0.481 e. The summed E-state index contributed by atoms with van der Waals surface area (Å²) in [4.78, 5) is 21.5. The number of hydrogen-bond acceptors (Lipinski definition) is 3. The summed E-state index contributed by atoms with van der Waals surface area (Å²) in [6.45, 7) is 0. The first-order valence-corrected chi connectivity index (χ1v) is 4.16. The van der Waals surface area contributed by atoms with Crippen LogP contribution in [0.1, 0.15) is 19.3 Å². The maximum absolute atomic E-state index is 10.9. The van der Waals surface area contributed by atoms with Gasteiger partial charge in [0.25, 0.3) is 0 Å². The molecule has 0 saturated heterocycles. The van der Waals surface area contributed by atoms with Crippen molar-refractivity contribution in [3.63, 3.8) is 0 Å². The molecule has 1 aliphatic rings. The van der Waals surface area contributed by atoms with E-state index in [9.17, 15) is 9.59 Å². The van der Waals surface area contributed by atoms with E-state index in [2.05, 4.69) is 0 Å². The number of carboxylic acids is 2. The molecule has 0 bridgehead atoms. The summed E-state index contributed by atoms with van der Waals surface area (Å²) in [5.41, 5.74) is 0.372. The van der Waals surface area contributed by atoms with Crippen molar-refractivity contribution < 1.29 is 22.6 Å². The fourth-order valence-electron chi connectivity index (χ4n) is 1.64. The summed E-state index contributed by atoms with van der Waals surface area (Å²) >= 11 is 0. The third kappa shape index (κ3) is 2.18. The predicted octanol–water partition coefficient (Wildman–Crippen LogP) is -0.101. The molecule has 0 amide bonds. The summed E-state index contributed by atoms with van der Waals surface area (Å²) in [6, 6.07) is -0.710. The Morgan fingerprint density at radius 2 is 2.00 bits per heavy atom. The van der Waals surface area contributed by atoms with E-state index in [0.717, 1.165) is 0 Å². The highest BCUT2D eigenvalue weighted by molar-refractivity contribution is 5.74. The van der Waals surface area contributed by atoms with Gasteiger partial charge < -0.3 is 15.9 Å². The van der Waals surface area contributed by atoms with Crippen LogP contribution in [-0.4, -0.2) is 28.2 Å². The molecule has 1 saturated carbocycles. The van der Waals surface area contributed by atoms with Gasteiger partial charge in [-0.05, 0) is 19.3 Å². The summed E-state index contributed by atoms with van der Waals surface area (Å²) in [5.74, 6) is -3.73. The number of nitrogens with two attached hydrogens (primary N) is 1. The molecule has 5 nitrogen and oxygen atoms in total. The van der Waals surface area contributed by atoms with E-state index < -0.39 is 29.8 Å². The van der Waals surface area contributed by atoms with Crippen LogP contribution in [0.2, 0.25) is 2.82 Å². The minimum Gasteiger partial charge on any atom is -0.481 e. The van der Waals surface area contributed by atoms with Crippen LogP contribution in [0.5, 0.6) is 0 Å². The lowest BCUT2D eigenvalue weighted by Gasteiger charge is -2.29. The lowest BCUT2D eigenvalue weighted by atomic mass is 9.78. The van der Waals surface area contributed by atoms with E-state index in [1.165, 1.54) is 0 Å². The van der Waals surface area contributed by atoms with Crippen molar-refractivity contribution in [3.05, 3.63) is 0 Å². The Hall–Kier alpha value is -1.10. The maximum Gasteiger partial charge on any atom is 0.308 e. The van der Waals surface area contributed by atoms with Gasteiger partial charge in [0.15, 0.2) is 0 Å². The molecule has 0 spiro atoms. The molecule has 0 aliphatic heterocycles. The molecule has 3 atom stereocenters. The molecule has 0 unspecified atom stereocenters. The van der Waals surface area contributed by atoms with Crippen molar-refractivity contribution in [1.82, 2.24) is 0 Å². The van der Waals surface area contributed by atoms with Crippen molar-refractivity contribution in [3.8, 4) is 0 Å². The average molecular weight is 189 g/mol. The smallest absolute Gasteiger partial charge is 0.308 e. The van der Waals surface area contributed by atoms with E-state index >= 15 is 0 Å². The second-order valence-electron chi connectivity index (χ2n) is 3.36. The SMILES string of the molecule is [2H]N([2H])[C@@H]1CC[C@H](C(=O)O)C[C@@H]1C(=O)O. The Bertz CT molecular complexity index is 271. The fourth-order valence-corrected chi connectivity index (χ4v) is 1.64. The van der Waals surface area contributed by atoms with Crippen LogP contribution >= 0.6 is 0 Å². The van der Waals surface area contributed by atoms with Gasteiger partial charge in [-0.15, -0.1) is 0 Å². The van der Waals surface area contributed by atoms with Crippen LogP contribution < -0.4 is 5.72 Å². The zero-order valence-corrected chi connectivity index (χ0v) is 7.01. The Labute approximate surface area is 78.5 Å². The van der Waals surface area contributed by atoms with Crippen molar-refractivity contribution in [2.45, 2.75) is 25.3 Å². The molecular formula is C8H13NO4. The lowest BCUT2D eigenvalue weighted by Crippen LogP contribution is -2.42. The molecule has 1 aliphatic carbocycles. The first kappa shape index (κ1) is 7.32. The summed E-state index contributed by atoms with van der Waals surface area (Å²) < 4.78 is 14.1. The molecule has 0 aromatic carbocycles. The number of hydrogen-bond donors (Lipinski definition) is 3. The van der Waals surface area contributed by atoms with E-state index in [-0.39, 0.29) is 12.8 Å². The van der Waals surface area contributed by atoms with Crippen molar-refractivity contribution >= 4 is 11.9 Å². The Kier molecular flexibility index (Phi) is 2.11. The Morgan fingerprint density at radius 1 is 1.31 bits per heavy atom. The Morgan fingerprint density at radius 3 is 2.46 bits per heavy atom. The first-order valence-electron chi connectivity index (χ1n) is 5.05. The number of carbonyl (C=O) groups is 2. The van der Waals surface area contributed by atoms with Crippen LogP contribution in [0.15, 0.2) is 0 Å². The van der Waals surface area contributed by atoms with E-state index in [0.29, 0.717) is 12.1 Å². The van der Waals surface area contributed by atoms with E-state index in [1.807, 2.05) is 0 Å². The van der Waals surface area contributed by atoms with Crippen LogP contribution in [0.4, 0.5) is 0 Å². The molecule has 4 N–H and O–H groups in total. The van der Waals surface area contributed by atoms with Crippen LogP contribution in [0, 0.1) is 11.8 Å². The lowest BCUT2D eigenvalue weighted by molar-refractivity contribution is -0.148. The molecule has 0 aromatic rings. The van der Waals surface area contributed by atoms with Crippen LogP contribution in [0.25, 0.3) is 0 Å². The Balaban J connectivity index is 2.73. The van der Waals surface area contributed by atoms with Crippen molar-refractivity contribution in [2.75, 3.05) is 0 Å². The van der Waals surface area contributed by atoms with E-state index in [1.54, 1.807) is 0 Å². The number of carboxylic acid groups (broad SMARTS) is 2. The van der Waals surface area contributed by atoms with Gasteiger partial charge in [-0.2, -0.15) is 0 Å². The molecule has 5 heteroatoms. The standard InChI is InChI=1S/C8H13NO4/c9-6-2-1-4(7(10)11)3-5(6)8(12)13/h4-6H,1-3,9H2,(H,10,11)(H,12,13)/t4-,5-,6+/m0/s1/i/hD2. The third-order valence-electron chi connectivity index (χ3n) is 2.48. The summed E-state index contributed by atoms with van der Waals surface area (Å²) in [7, 11) is 0. The minimum atomic E-state index is -1.13. The van der Waals surface area contributed by atoms with Crippen molar-refractivity contribution in [2.24, 2.45) is 17.6 Å². The third-order valence-corrected chi connectivity index (χ3v) is 2.48. The zero-order chi connectivity index (χ0) is 11.6. The van der Waals surface area contributed by atoms with E-state index in [4.69, 9.17) is 13.0 Å². The van der Waals surface area contributed by atoms with Gasteiger partial charge in [0.2, 0.25) is 0 Å². The molecule has 74 valence electrons. The average Bonchev–Trinajstić information content (AvgIpc) is 2.16. The normalized spacial score (nSPS) is 36.5. The zero-order valence-electron chi connectivity index (χ0n) is 9.01. The van der Waals surface area contributed by atoms with Gasteiger partial charge in [-0.3, -0.25) is 9.59 Å². The molecule has 1 rings (SSSR count). The molecule has 0 radical (unpaired) electrons. The summed E-state index contributed by atoms with van der Waals surface area (Å²) in [6.07, 6.45) is 0.600. The van der Waals surface area contributed by atoms with Crippen LogP contribution in [0.3, 0.4) is 0 Å². The quantitative estimate of drug-likeness (QED) is 0.575. The number of aliphatic carboxylic acids is 2. The monoisotopic (exact) mass is 189 g/mol. The van der Waals surface area contributed by atoms with Crippen LogP contribution in [-0.2, 0) is 9.59 Å². The summed E-state index contributed by atoms with van der Waals surface area (Å²) in [5, 5.41) is 17.6. The van der Waals surface area contributed by atoms with Gasteiger partial charge in [0.1, 0.15) is 2.82 Å². The fraction of sp³-hybridized carbons (Fsp3) is 0.750. The second-order valence-corrected chi connectivity index (χ2v) is 3.36. The molecule has 0 heterocycles. The highest BCUT2D eigenvalue weighted by Gasteiger charge is 2.35. The van der Waals surface area contributed by atoms with Gasteiger partial charge >= 0.3 is 11.9 Å². The molecular weight excluding hydrogens is 174 g/mol. The molecule has 13 heavy (non-hydrogen) atoms. The predicted molar refractivity (Wildman–Crippen MR) is 44.1 cm³/mol. The highest BCUT2D eigenvalue weighted by Crippen LogP contribution is 2.28. The molecule has 1 fully saturated rings. The first-order chi connectivity index (χ1) is 6.93. The topological polar surface area (TPSA) is 101 Å². The van der Waals surface area contributed by atoms with Gasteiger partial charge in [0, 0.05) is 6.04 Å². The maximum atomic E-state index is 10.9. The van der Waals surface area contributed by atoms with Crippen molar-refractivity contribution in [1.29, 1.82) is 0 Å². The van der Waals surface area contributed by atoms with Gasteiger partial charge in [-0.25, -0.2) is 0 Å². The minimum absolute atomic E-state index is 0.00356. The van der Waals surface area contributed by atoms with Gasteiger partial charge in [-0.1, -0.05) is 0 Å². The second kappa shape index (κ2) is 3.74. The number of rotatable bonds is 3. The molecule has 0 aromatic heterocycles. The van der Waals surface area contributed by atoms with Gasteiger partial charge in [0.05, 0.1) is 11.8 Å².